The number of carbonyl (C=O) groups excluding carboxylic acids is 2. The third-order valence-electron chi connectivity index (χ3n) is 5.75. The second kappa shape index (κ2) is 7.29. The maximum absolute atomic E-state index is 12.9. The van der Waals surface area contributed by atoms with Crippen LogP contribution in [0.25, 0.3) is 33.0 Å². The van der Waals surface area contributed by atoms with E-state index in [9.17, 15) is 9.59 Å². The zero-order valence-electron chi connectivity index (χ0n) is 16.5. The number of rotatable bonds is 5. The predicted molar refractivity (Wildman–Crippen MR) is 123 cm³/mol. The minimum Gasteiger partial charge on any atom is -0.360 e. The topological polar surface area (TPSA) is 66.9 Å². The molecule has 2 amide bonds. The van der Waals surface area contributed by atoms with Crippen LogP contribution in [-0.4, -0.2) is 26.7 Å². The highest BCUT2D eigenvalue weighted by atomic mass is 79.9. The minimum absolute atomic E-state index is 0.353. The molecule has 3 heterocycles. The summed E-state index contributed by atoms with van der Waals surface area (Å²) in [5.74, 6) is -0.707. The number of halogens is 1. The van der Waals surface area contributed by atoms with Crippen LogP contribution < -0.4 is 5.32 Å². The molecule has 2 N–H and O–H groups in total. The van der Waals surface area contributed by atoms with Gasteiger partial charge in [0.05, 0.1) is 16.7 Å². The second-order valence-electron chi connectivity index (χ2n) is 7.54. The number of aromatic nitrogens is 2. The number of alkyl halides is 1. The van der Waals surface area contributed by atoms with Crippen molar-refractivity contribution in [3.8, 4) is 0 Å². The second-order valence-corrected chi connectivity index (χ2v) is 8.33. The fraction of sp³-hybridized carbons (Fsp3) is 0.167. The lowest BCUT2D eigenvalue weighted by Gasteiger charge is -2.08. The van der Waals surface area contributed by atoms with Crippen LogP contribution in [0.5, 0.6) is 0 Å². The SMILES string of the molecule is Cn1ccc2cccc(C3=C(c4c[nH]c5c(CCCBr)cccc45)C(=O)NC3=O)c21. The predicted octanol–water partition coefficient (Wildman–Crippen LogP) is 4.55. The van der Waals surface area contributed by atoms with Gasteiger partial charge in [-0.3, -0.25) is 14.9 Å². The molecule has 0 aliphatic carbocycles. The summed E-state index contributed by atoms with van der Waals surface area (Å²) in [6.07, 6.45) is 5.77. The summed E-state index contributed by atoms with van der Waals surface area (Å²) in [7, 11) is 1.95. The first-order chi connectivity index (χ1) is 14.6. The van der Waals surface area contributed by atoms with E-state index in [2.05, 4.69) is 32.3 Å². The van der Waals surface area contributed by atoms with Crippen LogP contribution in [0.15, 0.2) is 54.9 Å². The summed E-state index contributed by atoms with van der Waals surface area (Å²) in [5.41, 5.74) is 5.54. The number of aryl methyl sites for hydroxylation is 2. The lowest BCUT2D eigenvalue weighted by Crippen LogP contribution is -2.22. The van der Waals surface area contributed by atoms with Gasteiger partial charge in [0.1, 0.15) is 0 Å². The van der Waals surface area contributed by atoms with Crippen molar-refractivity contribution in [2.24, 2.45) is 7.05 Å². The first-order valence-corrected chi connectivity index (χ1v) is 11.0. The van der Waals surface area contributed by atoms with Crippen LogP contribution >= 0.6 is 15.9 Å². The van der Waals surface area contributed by atoms with E-state index in [0.29, 0.717) is 11.1 Å². The van der Waals surface area contributed by atoms with E-state index in [0.717, 1.165) is 51.1 Å². The third kappa shape index (κ3) is 2.82. The first-order valence-electron chi connectivity index (χ1n) is 9.90. The Morgan fingerprint density at radius 2 is 1.73 bits per heavy atom. The summed E-state index contributed by atoms with van der Waals surface area (Å²) < 4.78 is 1.99. The molecule has 0 saturated heterocycles. The molecule has 2 aromatic carbocycles. The minimum atomic E-state index is -0.354. The fourth-order valence-electron chi connectivity index (χ4n) is 4.42. The number of amides is 2. The van der Waals surface area contributed by atoms with Crippen LogP contribution in [0.3, 0.4) is 0 Å². The molecule has 4 aromatic rings. The Kier molecular flexibility index (Phi) is 4.59. The average molecular weight is 462 g/mol. The maximum Gasteiger partial charge on any atom is 0.259 e. The van der Waals surface area contributed by atoms with Gasteiger partial charge in [-0.15, -0.1) is 0 Å². The lowest BCUT2D eigenvalue weighted by atomic mass is 9.94. The molecular formula is C24H20BrN3O2. The van der Waals surface area contributed by atoms with Gasteiger partial charge in [-0.05, 0) is 24.5 Å². The summed E-state index contributed by atoms with van der Waals surface area (Å²) >= 11 is 3.49. The summed E-state index contributed by atoms with van der Waals surface area (Å²) in [6.45, 7) is 0. The van der Waals surface area contributed by atoms with Crippen LogP contribution in [0.2, 0.25) is 0 Å². The number of fused-ring (bicyclic) bond motifs is 2. The van der Waals surface area contributed by atoms with Crippen molar-refractivity contribution < 1.29 is 9.59 Å². The molecule has 2 aromatic heterocycles. The van der Waals surface area contributed by atoms with E-state index < -0.39 is 0 Å². The van der Waals surface area contributed by atoms with Crippen molar-refractivity contribution in [2.45, 2.75) is 12.8 Å². The van der Waals surface area contributed by atoms with Crippen LogP contribution in [0.1, 0.15) is 23.1 Å². The van der Waals surface area contributed by atoms with Crippen molar-refractivity contribution in [2.75, 3.05) is 5.33 Å². The third-order valence-corrected chi connectivity index (χ3v) is 6.31. The highest BCUT2D eigenvalue weighted by molar-refractivity contribution is 9.09. The first kappa shape index (κ1) is 18.9. The Balaban J connectivity index is 1.78. The number of nitrogens with zero attached hydrogens (tertiary/aromatic N) is 1. The van der Waals surface area contributed by atoms with Crippen LogP contribution in [0.4, 0.5) is 0 Å². The molecule has 1 aliphatic heterocycles. The quantitative estimate of drug-likeness (QED) is 0.338. The van der Waals surface area contributed by atoms with Crippen LogP contribution in [0, 0.1) is 0 Å². The van der Waals surface area contributed by atoms with Crippen molar-refractivity contribution in [3.05, 3.63) is 71.5 Å². The van der Waals surface area contributed by atoms with Gasteiger partial charge in [-0.25, -0.2) is 0 Å². The van der Waals surface area contributed by atoms with Crippen molar-refractivity contribution in [1.29, 1.82) is 0 Å². The van der Waals surface area contributed by atoms with Gasteiger partial charge < -0.3 is 9.55 Å². The average Bonchev–Trinajstić information content (AvgIpc) is 3.41. The zero-order chi connectivity index (χ0) is 20.8. The van der Waals surface area contributed by atoms with E-state index in [1.54, 1.807) is 0 Å². The molecule has 150 valence electrons. The zero-order valence-corrected chi connectivity index (χ0v) is 18.0. The number of hydrogen-bond acceptors (Lipinski definition) is 2. The molecule has 0 saturated carbocycles. The standard InChI is InChI=1S/C24H20BrN3O2/c1-28-12-10-15-6-3-9-17(22(15)28)19-20(24(30)27-23(19)29)18-13-26-21-14(7-4-11-25)5-2-8-16(18)21/h2-3,5-6,8-10,12-13,26H,4,7,11H2,1H3,(H,27,29,30). The Morgan fingerprint density at radius 1 is 0.967 bits per heavy atom. The van der Waals surface area contributed by atoms with Crippen molar-refractivity contribution in [3.63, 3.8) is 0 Å². The number of carbonyl (C=O) groups is 2. The van der Waals surface area contributed by atoms with E-state index in [-0.39, 0.29) is 11.8 Å². The molecule has 5 nitrogen and oxygen atoms in total. The number of imide groups is 1. The highest BCUT2D eigenvalue weighted by Gasteiger charge is 2.34. The molecule has 5 rings (SSSR count). The molecular weight excluding hydrogens is 442 g/mol. The number of nitrogens with one attached hydrogen (secondary N) is 2. The van der Waals surface area contributed by atoms with E-state index >= 15 is 0 Å². The molecule has 6 heteroatoms. The molecule has 0 fully saturated rings. The molecule has 0 radical (unpaired) electrons. The Hall–Kier alpha value is -3.12. The fourth-order valence-corrected chi connectivity index (χ4v) is 4.70. The molecule has 0 spiro atoms. The molecule has 30 heavy (non-hydrogen) atoms. The van der Waals surface area contributed by atoms with Gasteiger partial charge in [0.25, 0.3) is 11.8 Å². The molecule has 0 bridgehead atoms. The summed E-state index contributed by atoms with van der Waals surface area (Å²) in [4.78, 5) is 29.2. The van der Waals surface area contributed by atoms with E-state index in [1.165, 1.54) is 5.56 Å². The van der Waals surface area contributed by atoms with Crippen molar-refractivity contribution >= 4 is 60.7 Å². The number of para-hydroxylation sites is 2. The normalized spacial score (nSPS) is 14.3. The van der Waals surface area contributed by atoms with Gasteiger partial charge in [-0.1, -0.05) is 52.3 Å². The molecule has 1 aliphatic rings. The Labute approximate surface area is 181 Å². The maximum atomic E-state index is 12.9. The number of H-pyrrole nitrogens is 1. The van der Waals surface area contributed by atoms with Crippen LogP contribution in [-0.2, 0) is 23.1 Å². The number of aromatic amines is 1. The molecule has 0 atom stereocenters. The Bertz CT molecular complexity index is 1360. The van der Waals surface area contributed by atoms with Gasteiger partial charge in [0.2, 0.25) is 0 Å². The lowest BCUT2D eigenvalue weighted by molar-refractivity contribution is -0.122. The van der Waals surface area contributed by atoms with Gasteiger partial charge in [0.15, 0.2) is 0 Å². The van der Waals surface area contributed by atoms with E-state index in [1.807, 2.05) is 60.4 Å². The monoisotopic (exact) mass is 461 g/mol. The molecule has 0 unspecified atom stereocenters. The van der Waals surface area contributed by atoms with E-state index in [4.69, 9.17) is 0 Å². The highest BCUT2D eigenvalue weighted by Crippen LogP contribution is 2.38. The smallest absolute Gasteiger partial charge is 0.259 e. The largest absolute Gasteiger partial charge is 0.360 e. The van der Waals surface area contributed by atoms with Gasteiger partial charge in [0, 0.05) is 52.2 Å². The summed E-state index contributed by atoms with van der Waals surface area (Å²) in [6, 6.07) is 14.0. The summed E-state index contributed by atoms with van der Waals surface area (Å²) in [5, 5.41) is 5.44. The van der Waals surface area contributed by atoms with Gasteiger partial charge in [-0.2, -0.15) is 0 Å². The van der Waals surface area contributed by atoms with Gasteiger partial charge >= 0.3 is 0 Å². The van der Waals surface area contributed by atoms with Crippen molar-refractivity contribution in [1.82, 2.24) is 14.9 Å². The Morgan fingerprint density at radius 3 is 2.53 bits per heavy atom. The number of benzene rings is 2. The number of hydrogen-bond donors (Lipinski definition) is 2.